The fraction of sp³-hybridized carbons (Fsp3) is 0.700. The van der Waals surface area contributed by atoms with Gasteiger partial charge >= 0.3 is 6.09 Å². The highest BCUT2D eigenvalue weighted by Gasteiger charge is 2.40. The van der Waals surface area contributed by atoms with Gasteiger partial charge in [0.25, 0.3) is 5.91 Å². The van der Waals surface area contributed by atoms with E-state index in [1.54, 1.807) is 16.2 Å². The van der Waals surface area contributed by atoms with E-state index in [4.69, 9.17) is 9.47 Å². The molecule has 1 spiro atoms. The predicted molar refractivity (Wildman–Crippen MR) is 114 cm³/mol. The number of amides is 2. The topological polar surface area (TPSA) is 79.9 Å². The van der Waals surface area contributed by atoms with Crippen LogP contribution in [0.4, 0.5) is 4.79 Å². The van der Waals surface area contributed by atoms with E-state index in [1.165, 1.54) is 10.4 Å². The number of nitrogens with zero attached hydrogens (tertiary/aromatic N) is 1. The smallest absolute Gasteiger partial charge is 0.409 e. The molecular formula is C20H30ClN3O4S. The van der Waals surface area contributed by atoms with Crippen molar-refractivity contribution >= 4 is 35.7 Å². The van der Waals surface area contributed by atoms with E-state index in [0.29, 0.717) is 19.7 Å². The van der Waals surface area contributed by atoms with Gasteiger partial charge < -0.3 is 25.0 Å². The lowest BCUT2D eigenvalue weighted by Crippen LogP contribution is -2.46. The molecule has 3 aliphatic heterocycles. The molecule has 29 heavy (non-hydrogen) atoms. The number of hydrogen-bond acceptors (Lipinski definition) is 6. The van der Waals surface area contributed by atoms with Crippen molar-refractivity contribution in [1.82, 2.24) is 15.5 Å². The Bertz CT molecular complexity index is 727. The number of likely N-dealkylation sites (tertiary alicyclic amines) is 1. The zero-order valence-corrected chi connectivity index (χ0v) is 18.5. The molecule has 2 amide bonds. The van der Waals surface area contributed by atoms with Crippen molar-refractivity contribution in [2.45, 2.75) is 50.7 Å². The van der Waals surface area contributed by atoms with Gasteiger partial charge in [0.2, 0.25) is 0 Å². The monoisotopic (exact) mass is 443 g/mol. The molecule has 0 bridgehead atoms. The number of nitrogens with one attached hydrogen (secondary N) is 2. The van der Waals surface area contributed by atoms with Gasteiger partial charge in [0, 0.05) is 30.4 Å². The van der Waals surface area contributed by atoms with Gasteiger partial charge in [-0.15, -0.1) is 23.7 Å². The van der Waals surface area contributed by atoms with Crippen LogP contribution in [0.5, 0.6) is 0 Å². The third kappa shape index (κ3) is 4.71. The molecule has 3 aliphatic rings. The summed E-state index contributed by atoms with van der Waals surface area (Å²) in [5.74, 6) is -0.00179. The molecule has 2 saturated heterocycles. The lowest BCUT2D eigenvalue weighted by Gasteiger charge is -2.40. The van der Waals surface area contributed by atoms with E-state index in [2.05, 4.69) is 16.7 Å². The second kappa shape index (κ2) is 9.64. The van der Waals surface area contributed by atoms with Crippen LogP contribution in [0.2, 0.25) is 0 Å². The predicted octanol–water partition coefficient (Wildman–Crippen LogP) is 2.67. The van der Waals surface area contributed by atoms with Crippen molar-refractivity contribution in [2.75, 3.05) is 39.4 Å². The van der Waals surface area contributed by atoms with Gasteiger partial charge in [-0.05, 0) is 57.3 Å². The molecule has 0 unspecified atom stereocenters. The minimum absolute atomic E-state index is 0. The van der Waals surface area contributed by atoms with E-state index in [9.17, 15) is 9.59 Å². The maximum absolute atomic E-state index is 12.9. The van der Waals surface area contributed by atoms with Gasteiger partial charge in [-0.25, -0.2) is 4.79 Å². The largest absolute Gasteiger partial charge is 0.450 e. The Hall–Kier alpha value is -1.35. The Morgan fingerprint density at radius 3 is 2.76 bits per heavy atom. The van der Waals surface area contributed by atoms with Crippen molar-refractivity contribution in [2.24, 2.45) is 0 Å². The number of hydrogen-bond donors (Lipinski definition) is 2. The molecule has 0 radical (unpaired) electrons. The summed E-state index contributed by atoms with van der Waals surface area (Å²) in [6, 6.07) is 2.16. The molecule has 0 saturated carbocycles. The Kier molecular flexibility index (Phi) is 7.42. The number of piperidine rings is 2. The fourth-order valence-corrected chi connectivity index (χ4v) is 5.58. The summed E-state index contributed by atoms with van der Waals surface area (Å²) < 4.78 is 11.3. The summed E-state index contributed by atoms with van der Waals surface area (Å²) >= 11 is 1.61. The molecule has 9 heteroatoms. The highest BCUT2D eigenvalue weighted by molar-refractivity contribution is 7.14. The third-order valence-corrected chi connectivity index (χ3v) is 7.19. The Morgan fingerprint density at radius 1 is 1.34 bits per heavy atom. The normalized spacial score (nSPS) is 21.2. The number of fused-ring (bicyclic) bond motifs is 2. The number of rotatable bonds is 3. The molecule has 7 nitrogen and oxygen atoms in total. The lowest BCUT2D eigenvalue weighted by molar-refractivity contribution is -0.0792. The van der Waals surface area contributed by atoms with Crippen molar-refractivity contribution in [3.63, 3.8) is 0 Å². The SMILES string of the molecule is CCOC(=O)N1CCC(NC(=O)c2cc3c(s2)CCOC32CCNCC2)CC1.Cl. The summed E-state index contributed by atoms with van der Waals surface area (Å²) in [5, 5.41) is 6.56. The van der Waals surface area contributed by atoms with Crippen LogP contribution in [0.15, 0.2) is 6.07 Å². The zero-order valence-electron chi connectivity index (χ0n) is 16.8. The summed E-state index contributed by atoms with van der Waals surface area (Å²) in [5.41, 5.74) is 1.02. The van der Waals surface area contributed by atoms with Crippen molar-refractivity contribution < 1.29 is 19.1 Å². The van der Waals surface area contributed by atoms with Crippen molar-refractivity contribution in [1.29, 1.82) is 0 Å². The van der Waals surface area contributed by atoms with Gasteiger partial charge in [-0.3, -0.25) is 4.79 Å². The number of thiophene rings is 1. The van der Waals surface area contributed by atoms with E-state index in [1.807, 2.05) is 6.92 Å². The lowest BCUT2D eigenvalue weighted by atomic mass is 9.83. The number of halogens is 1. The van der Waals surface area contributed by atoms with Crippen LogP contribution in [0.25, 0.3) is 0 Å². The third-order valence-electron chi connectivity index (χ3n) is 6.00. The molecule has 1 aromatic rings. The first kappa shape index (κ1) is 22.3. The molecule has 2 fully saturated rings. The summed E-state index contributed by atoms with van der Waals surface area (Å²) in [7, 11) is 0. The fourth-order valence-electron chi connectivity index (χ4n) is 4.45. The Balaban J connectivity index is 0.00000240. The van der Waals surface area contributed by atoms with Crippen LogP contribution in [0.3, 0.4) is 0 Å². The van der Waals surface area contributed by atoms with E-state index < -0.39 is 0 Å². The molecule has 4 heterocycles. The minimum Gasteiger partial charge on any atom is -0.450 e. The van der Waals surface area contributed by atoms with E-state index >= 15 is 0 Å². The summed E-state index contributed by atoms with van der Waals surface area (Å²) in [6.45, 7) is 6.08. The second-order valence-corrected chi connectivity index (χ2v) is 8.86. The first-order valence-electron chi connectivity index (χ1n) is 10.3. The van der Waals surface area contributed by atoms with Crippen LogP contribution in [-0.2, 0) is 21.5 Å². The molecule has 0 aromatic carbocycles. The average molecular weight is 444 g/mol. The molecule has 0 aliphatic carbocycles. The first-order chi connectivity index (χ1) is 13.6. The summed E-state index contributed by atoms with van der Waals surface area (Å²) in [6.07, 6.45) is 4.07. The first-order valence-corrected chi connectivity index (χ1v) is 11.1. The Morgan fingerprint density at radius 2 is 2.07 bits per heavy atom. The maximum atomic E-state index is 12.9. The van der Waals surface area contributed by atoms with Crippen LogP contribution >= 0.6 is 23.7 Å². The quantitative estimate of drug-likeness (QED) is 0.750. The molecule has 2 N–H and O–H groups in total. The van der Waals surface area contributed by atoms with Crippen molar-refractivity contribution in [3.05, 3.63) is 21.4 Å². The number of carbonyl (C=O) groups excluding carboxylic acids is 2. The molecule has 0 atom stereocenters. The van der Waals surface area contributed by atoms with E-state index in [0.717, 1.165) is 56.7 Å². The maximum Gasteiger partial charge on any atom is 0.409 e. The van der Waals surface area contributed by atoms with Gasteiger partial charge in [0.1, 0.15) is 0 Å². The van der Waals surface area contributed by atoms with Crippen LogP contribution in [0.1, 0.15) is 52.7 Å². The Labute approximate surface area is 181 Å². The number of carbonyl (C=O) groups is 2. The molecule has 162 valence electrons. The second-order valence-electron chi connectivity index (χ2n) is 7.72. The van der Waals surface area contributed by atoms with Gasteiger partial charge in [-0.2, -0.15) is 0 Å². The van der Waals surface area contributed by atoms with Gasteiger partial charge in [0.15, 0.2) is 0 Å². The van der Waals surface area contributed by atoms with Gasteiger partial charge in [0.05, 0.1) is 23.7 Å². The standard InChI is InChI=1S/C20H29N3O4S.ClH/c1-2-26-19(25)23-10-3-14(4-11-23)22-18(24)17-13-15-16(28-17)5-12-27-20(15)6-8-21-9-7-20;/h13-14,21H,2-12H2,1H3,(H,22,24);1H. The number of ether oxygens (including phenoxy) is 2. The van der Waals surface area contributed by atoms with E-state index in [-0.39, 0.29) is 36.1 Å². The van der Waals surface area contributed by atoms with Crippen LogP contribution < -0.4 is 10.6 Å². The minimum atomic E-state index is -0.259. The van der Waals surface area contributed by atoms with Crippen molar-refractivity contribution in [3.8, 4) is 0 Å². The summed E-state index contributed by atoms with van der Waals surface area (Å²) in [4.78, 5) is 28.5. The highest BCUT2D eigenvalue weighted by Crippen LogP contribution is 2.43. The van der Waals surface area contributed by atoms with Gasteiger partial charge in [-0.1, -0.05) is 0 Å². The van der Waals surface area contributed by atoms with Crippen LogP contribution in [-0.4, -0.2) is 62.3 Å². The molecule has 1 aromatic heterocycles. The highest BCUT2D eigenvalue weighted by atomic mass is 35.5. The molecule has 4 rings (SSSR count). The average Bonchev–Trinajstić information content (AvgIpc) is 3.16. The van der Waals surface area contributed by atoms with Crippen LogP contribution in [0, 0.1) is 0 Å². The molecular weight excluding hydrogens is 414 g/mol. The zero-order chi connectivity index (χ0) is 19.6.